The van der Waals surface area contributed by atoms with Crippen LogP contribution in [0.3, 0.4) is 0 Å². The zero-order valence-corrected chi connectivity index (χ0v) is 13.9. The van der Waals surface area contributed by atoms with E-state index in [0.29, 0.717) is 11.3 Å². The molecule has 0 aliphatic heterocycles. The fraction of sp³-hybridized carbons (Fsp3) is 0.176. The van der Waals surface area contributed by atoms with E-state index in [9.17, 15) is 4.79 Å². The molecule has 0 aliphatic carbocycles. The summed E-state index contributed by atoms with van der Waals surface area (Å²) in [5, 5.41) is 1.96. The summed E-state index contributed by atoms with van der Waals surface area (Å²) in [5.74, 6) is 0.734. The van der Waals surface area contributed by atoms with E-state index in [1.807, 2.05) is 30.5 Å². The molecule has 5 nitrogen and oxygen atoms in total. The highest BCUT2D eigenvalue weighted by atomic mass is 32.1. The van der Waals surface area contributed by atoms with Crippen molar-refractivity contribution in [2.24, 2.45) is 0 Å². The average Bonchev–Trinajstić information content (AvgIpc) is 3.18. The number of fused-ring (bicyclic) bond motifs is 1. The van der Waals surface area contributed by atoms with Gasteiger partial charge in [-0.2, -0.15) is 0 Å². The van der Waals surface area contributed by atoms with Crippen LogP contribution >= 0.6 is 11.3 Å². The number of nitrogens with one attached hydrogen (secondary N) is 2. The molecule has 0 aliphatic rings. The average molecular weight is 326 g/mol. The van der Waals surface area contributed by atoms with E-state index in [4.69, 9.17) is 0 Å². The van der Waals surface area contributed by atoms with Gasteiger partial charge in [0, 0.05) is 12.1 Å². The van der Waals surface area contributed by atoms with Crippen LogP contribution in [0.1, 0.15) is 28.0 Å². The molecule has 3 aromatic rings. The number of rotatable bonds is 5. The molecule has 0 saturated heterocycles. The van der Waals surface area contributed by atoms with Crippen molar-refractivity contribution in [2.75, 3.05) is 0 Å². The normalized spacial score (nSPS) is 10.7. The first-order valence-corrected chi connectivity index (χ1v) is 8.24. The molecule has 0 radical (unpaired) electrons. The lowest BCUT2D eigenvalue weighted by Gasteiger charge is -2.09. The second-order valence-electron chi connectivity index (χ2n) is 5.14. The Hall–Kier alpha value is -2.60. The van der Waals surface area contributed by atoms with Crippen molar-refractivity contribution < 1.29 is 4.79 Å². The topological polar surface area (TPSA) is 58.9 Å². The summed E-state index contributed by atoms with van der Waals surface area (Å²) in [6, 6.07) is 9.43. The van der Waals surface area contributed by atoms with E-state index in [0.717, 1.165) is 28.3 Å². The molecule has 0 bridgehead atoms. The molecule has 2 heterocycles. The number of hydrazine groups is 1. The van der Waals surface area contributed by atoms with E-state index in [1.165, 1.54) is 0 Å². The summed E-state index contributed by atoms with van der Waals surface area (Å²) >= 11 is 1.56. The fourth-order valence-electron chi connectivity index (χ4n) is 2.51. The molecule has 0 spiro atoms. The Kier molecular flexibility index (Phi) is 4.16. The fourth-order valence-corrected chi connectivity index (χ4v) is 3.16. The molecule has 6 heteroatoms. The number of aryl methyl sites for hydroxylation is 2. The molecule has 2 N–H and O–H groups in total. The quantitative estimate of drug-likeness (QED) is 0.707. The van der Waals surface area contributed by atoms with E-state index in [-0.39, 0.29) is 5.91 Å². The molecule has 23 heavy (non-hydrogen) atoms. The van der Waals surface area contributed by atoms with Gasteiger partial charge >= 0.3 is 0 Å². The smallest absolute Gasteiger partial charge is 0.269 e. The molecule has 0 fully saturated rings. The molecule has 1 amide bonds. The highest BCUT2D eigenvalue weighted by Gasteiger charge is 2.11. The highest BCUT2D eigenvalue weighted by Crippen LogP contribution is 2.18. The van der Waals surface area contributed by atoms with Gasteiger partial charge in [-0.3, -0.25) is 15.6 Å². The molecular weight excluding hydrogens is 308 g/mol. The molecule has 0 saturated carbocycles. The molecule has 3 rings (SSSR count). The predicted molar refractivity (Wildman–Crippen MR) is 94.1 cm³/mol. The summed E-state index contributed by atoms with van der Waals surface area (Å²) < 4.78 is 2.12. The number of benzene rings is 1. The number of hydrogen-bond donors (Lipinski definition) is 2. The minimum Gasteiger partial charge on any atom is -0.329 e. The van der Waals surface area contributed by atoms with E-state index in [1.54, 1.807) is 23.5 Å². The van der Waals surface area contributed by atoms with Gasteiger partial charge in [-0.25, -0.2) is 4.98 Å². The third kappa shape index (κ3) is 2.98. The van der Waals surface area contributed by atoms with Gasteiger partial charge in [0.1, 0.15) is 5.82 Å². The number of aromatic nitrogens is 2. The zero-order valence-electron chi connectivity index (χ0n) is 13.1. The van der Waals surface area contributed by atoms with Crippen LogP contribution in [0.4, 0.5) is 0 Å². The van der Waals surface area contributed by atoms with Gasteiger partial charge in [-0.15, -0.1) is 11.3 Å². The number of hydrogen-bond acceptors (Lipinski definition) is 4. The molecule has 1 aromatic carbocycles. The Balaban J connectivity index is 1.75. The van der Waals surface area contributed by atoms with Crippen LogP contribution in [0.2, 0.25) is 0 Å². The third-order valence-electron chi connectivity index (χ3n) is 3.66. The minimum atomic E-state index is -0.215. The first-order valence-electron chi connectivity index (χ1n) is 7.36. The number of nitrogens with zero attached hydrogens (tertiary/aromatic N) is 2. The Bertz CT molecular complexity index is 864. The largest absolute Gasteiger partial charge is 0.329 e. The first-order chi connectivity index (χ1) is 11.1. The standard InChI is InChI=1S/C17H18N4OS/c1-4-21-12(3)18-14-10-13(7-8-15(14)21)17(22)20-19-11(2)16-6-5-9-23-16/h5-10,19H,2,4H2,1,3H3,(H,20,22). The molecule has 2 aromatic heterocycles. The van der Waals surface area contributed by atoms with Gasteiger partial charge in [0.2, 0.25) is 0 Å². The number of carbonyl (C=O) groups excluding carboxylic acids is 1. The van der Waals surface area contributed by atoms with Crippen molar-refractivity contribution in [3.63, 3.8) is 0 Å². The van der Waals surface area contributed by atoms with Crippen LogP contribution < -0.4 is 10.9 Å². The van der Waals surface area contributed by atoms with E-state index >= 15 is 0 Å². The summed E-state index contributed by atoms with van der Waals surface area (Å²) in [7, 11) is 0. The molecule has 0 atom stereocenters. The number of thiophene rings is 1. The number of amides is 1. The maximum atomic E-state index is 12.3. The summed E-state index contributed by atoms with van der Waals surface area (Å²) in [4.78, 5) is 17.8. The summed E-state index contributed by atoms with van der Waals surface area (Å²) in [6.07, 6.45) is 0. The summed E-state index contributed by atoms with van der Waals surface area (Å²) in [5.41, 5.74) is 8.61. The third-order valence-corrected chi connectivity index (χ3v) is 4.59. The Morgan fingerprint density at radius 1 is 1.35 bits per heavy atom. The van der Waals surface area contributed by atoms with Crippen LogP contribution in [0, 0.1) is 6.92 Å². The van der Waals surface area contributed by atoms with Crippen LogP contribution in [-0.2, 0) is 6.54 Å². The van der Waals surface area contributed by atoms with Crippen LogP contribution in [-0.4, -0.2) is 15.5 Å². The highest BCUT2D eigenvalue weighted by molar-refractivity contribution is 7.11. The predicted octanol–water partition coefficient (Wildman–Crippen LogP) is 3.33. The van der Waals surface area contributed by atoms with Crippen LogP contribution in [0.5, 0.6) is 0 Å². The Morgan fingerprint density at radius 3 is 2.87 bits per heavy atom. The van der Waals surface area contributed by atoms with Gasteiger partial charge in [-0.05, 0) is 43.5 Å². The second-order valence-corrected chi connectivity index (χ2v) is 6.09. The molecule has 0 unspecified atom stereocenters. The van der Waals surface area contributed by atoms with Gasteiger partial charge in [0.05, 0.1) is 21.6 Å². The minimum absolute atomic E-state index is 0.215. The number of carbonyl (C=O) groups is 1. The number of imidazole rings is 1. The lowest BCUT2D eigenvalue weighted by molar-refractivity contribution is 0.0942. The summed E-state index contributed by atoms with van der Waals surface area (Å²) in [6.45, 7) is 8.81. The second kappa shape index (κ2) is 6.26. The van der Waals surface area contributed by atoms with Crippen molar-refractivity contribution in [3.8, 4) is 0 Å². The van der Waals surface area contributed by atoms with Crippen LogP contribution in [0.15, 0.2) is 42.3 Å². The Morgan fingerprint density at radius 2 is 2.17 bits per heavy atom. The van der Waals surface area contributed by atoms with Crippen molar-refractivity contribution in [1.29, 1.82) is 0 Å². The maximum absolute atomic E-state index is 12.3. The van der Waals surface area contributed by atoms with Crippen molar-refractivity contribution in [1.82, 2.24) is 20.4 Å². The van der Waals surface area contributed by atoms with Gasteiger partial charge in [-0.1, -0.05) is 12.6 Å². The van der Waals surface area contributed by atoms with Crippen molar-refractivity contribution in [2.45, 2.75) is 20.4 Å². The van der Waals surface area contributed by atoms with Gasteiger partial charge < -0.3 is 4.57 Å². The van der Waals surface area contributed by atoms with E-state index < -0.39 is 0 Å². The van der Waals surface area contributed by atoms with Crippen LogP contribution in [0.25, 0.3) is 16.7 Å². The lowest BCUT2D eigenvalue weighted by Crippen LogP contribution is -2.35. The zero-order chi connectivity index (χ0) is 16.4. The van der Waals surface area contributed by atoms with Gasteiger partial charge in [0.25, 0.3) is 5.91 Å². The molecular formula is C17H18N4OS. The Labute approximate surface area is 138 Å². The SMILES string of the molecule is C=C(NNC(=O)c1ccc2c(c1)nc(C)n2CC)c1cccs1. The van der Waals surface area contributed by atoms with E-state index in [2.05, 4.69) is 33.9 Å². The molecule has 118 valence electrons. The monoisotopic (exact) mass is 326 g/mol. The lowest BCUT2D eigenvalue weighted by atomic mass is 10.2. The maximum Gasteiger partial charge on any atom is 0.269 e. The van der Waals surface area contributed by atoms with Crippen molar-refractivity contribution in [3.05, 3.63) is 58.6 Å². The van der Waals surface area contributed by atoms with Gasteiger partial charge in [0.15, 0.2) is 0 Å². The van der Waals surface area contributed by atoms with Crippen molar-refractivity contribution >= 4 is 34.0 Å². The first kappa shape index (κ1) is 15.3.